The summed E-state index contributed by atoms with van der Waals surface area (Å²) in [4.78, 5) is 48.3. The van der Waals surface area contributed by atoms with Crippen molar-refractivity contribution in [3.05, 3.63) is 83.4 Å². The smallest absolute Gasteiger partial charge is 0.347 e. The largest absolute Gasteiger partial charge is 0.478 e. The summed E-state index contributed by atoms with van der Waals surface area (Å²) in [6, 6.07) is 17.3. The molecule has 0 atom stereocenters. The summed E-state index contributed by atoms with van der Waals surface area (Å²) < 4.78 is 10.9. The van der Waals surface area contributed by atoms with Gasteiger partial charge < -0.3 is 30.3 Å². The highest BCUT2D eigenvalue weighted by atomic mass is 16.5. The van der Waals surface area contributed by atoms with Gasteiger partial charge in [0.2, 0.25) is 0 Å². The molecule has 10 heteroatoms. The van der Waals surface area contributed by atoms with Gasteiger partial charge >= 0.3 is 11.9 Å². The van der Waals surface area contributed by atoms with Crippen molar-refractivity contribution < 1.29 is 38.9 Å². The number of carbonyl (C=O) groups is 4. The van der Waals surface area contributed by atoms with Gasteiger partial charge in [-0.3, -0.25) is 9.59 Å². The molecule has 0 aliphatic carbocycles. The minimum absolute atomic E-state index is 0.270. The fourth-order valence-electron chi connectivity index (χ4n) is 3.34. The van der Waals surface area contributed by atoms with E-state index in [2.05, 4.69) is 10.6 Å². The molecule has 39 heavy (non-hydrogen) atoms. The van der Waals surface area contributed by atoms with Crippen LogP contribution in [0.25, 0.3) is 0 Å². The molecule has 0 radical (unpaired) electrons. The van der Waals surface area contributed by atoms with Crippen molar-refractivity contribution >= 4 is 35.1 Å². The molecule has 204 valence electrons. The van der Waals surface area contributed by atoms with Crippen molar-refractivity contribution in [2.45, 2.75) is 45.8 Å². The number of hydrogen-bond donors (Lipinski definition) is 4. The SMILES string of the molecule is Cc1cc(C(=O)Nc2ccc(OC(C)(C)C(=O)O)cc2)cc(C(=O)Nc2ccc(OC(C)(C)C(=O)O)cc2)c1. The van der Waals surface area contributed by atoms with Crippen LogP contribution in [0.1, 0.15) is 54.0 Å². The summed E-state index contributed by atoms with van der Waals surface area (Å²) in [7, 11) is 0. The highest BCUT2D eigenvalue weighted by Gasteiger charge is 2.30. The molecule has 0 saturated heterocycles. The quantitative estimate of drug-likeness (QED) is 0.284. The van der Waals surface area contributed by atoms with Gasteiger partial charge in [0.1, 0.15) is 11.5 Å². The number of aryl methyl sites for hydroxylation is 1. The van der Waals surface area contributed by atoms with Gasteiger partial charge in [-0.15, -0.1) is 0 Å². The molecule has 0 aliphatic rings. The number of anilines is 2. The number of benzene rings is 3. The molecule has 0 unspecified atom stereocenters. The van der Waals surface area contributed by atoms with E-state index in [0.717, 1.165) is 0 Å². The number of amides is 2. The van der Waals surface area contributed by atoms with Gasteiger partial charge in [-0.25, -0.2) is 9.59 Å². The van der Waals surface area contributed by atoms with Crippen LogP contribution in [0.4, 0.5) is 11.4 Å². The van der Waals surface area contributed by atoms with Crippen LogP contribution >= 0.6 is 0 Å². The molecule has 0 aliphatic heterocycles. The topological polar surface area (TPSA) is 151 Å². The lowest BCUT2D eigenvalue weighted by Gasteiger charge is -2.21. The summed E-state index contributed by atoms with van der Waals surface area (Å²) in [6.07, 6.45) is 0. The number of ether oxygens (including phenoxy) is 2. The molecular formula is C29H30N2O8. The molecule has 3 aromatic rings. The minimum atomic E-state index is -1.41. The predicted molar refractivity (Wildman–Crippen MR) is 145 cm³/mol. The Balaban J connectivity index is 1.67. The summed E-state index contributed by atoms with van der Waals surface area (Å²) in [5, 5.41) is 23.9. The number of carboxylic acid groups (broad SMARTS) is 2. The zero-order chi connectivity index (χ0) is 29.0. The Morgan fingerprint density at radius 2 is 0.949 bits per heavy atom. The van der Waals surface area contributed by atoms with Crippen molar-refractivity contribution in [1.82, 2.24) is 0 Å². The second kappa shape index (κ2) is 11.3. The van der Waals surface area contributed by atoms with E-state index in [4.69, 9.17) is 9.47 Å². The van der Waals surface area contributed by atoms with Crippen LogP contribution in [0.2, 0.25) is 0 Å². The van der Waals surface area contributed by atoms with E-state index in [1.54, 1.807) is 67.6 Å². The molecule has 3 aromatic carbocycles. The zero-order valence-electron chi connectivity index (χ0n) is 22.2. The van der Waals surface area contributed by atoms with E-state index in [-0.39, 0.29) is 11.1 Å². The molecule has 2 amide bonds. The number of carbonyl (C=O) groups excluding carboxylic acids is 2. The third-order valence-electron chi connectivity index (χ3n) is 5.60. The molecule has 0 saturated carbocycles. The Labute approximate surface area is 225 Å². The minimum Gasteiger partial charge on any atom is -0.478 e. The van der Waals surface area contributed by atoms with Gasteiger partial charge in [0.25, 0.3) is 11.8 Å². The molecule has 0 bridgehead atoms. The van der Waals surface area contributed by atoms with E-state index >= 15 is 0 Å². The lowest BCUT2D eigenvalue weighted by atomic mass is 10.0. The monoisotopic (exact) mass is 534 g/mol. The predicted octanol–water partition coefficient (Wildman–Crippen LogP) is 4.98. The summed E-state index contributed by atoms with van der Waals surface area (Å²) in [5.74, 6) is -2.42. The first-order chi connectivity index (χ1) is 18.2. The molecule has 0 aromatic heterocycles. The maximum Gasteiger partial charge on any atom is 0.347 e. The van der Waals surface area contributed by atoms with Crippen LogP contribution in [-0.4, -0.2) is 45.2 Å². The van der Waals surface area contributed by atoms with Crippen LogP contribution < -0.4 is 20.1 Å². The first kappa shape index (κ1) is 28.7. The highest BCUT2D eigenvalue weighted by Crippen LogP contribution is 2.23. The summed E-state index contributed by atoms with van der Waals surface area (Å²) in [6.45, 7) is 7.50. The third-order valence-corrected chi connectivity index (χ3v) is 5.60. The molecular weight excluding hydrogens is 504 g/mol. The second-order valence-corrected chi connectivity index (χ2v) is 9.88. The van der Waals surface area contributed by atoms with Gasteiger partial charge in [0.05, 0.1) is 0 Å². The first-order valence-electron chi connectivity index (χ1n) is 12.0. The second-order valence-electron chi connectivity index (χ2n) is 9.88. The van der Waals surface area contributed by atoms with E-state index in [9.17, 15) is 29.4 Å². The van der Waals surface area contributed by atoms with Crippen molar-refractivity contribution in [3.63, 3.8) is 0 Å². The molecule has 0 fully saturated rings. The van der Waals surface area contributed by atoms with Gasteiger partial charge in [-0.2, -0.15) is 0 Å². The zero-order valence-corrected chi connectivity index (χ0v) is 22.2. The van der Waals surface area contributed by atoms with Crippen molar-refractivity contribution in [2.75, 3.05) is 10.6 Å². The van der Waals surface area contributed by atoms with Crippen molar-refractivity contribution in [2.24, 2.45) is 0 Å². The lowest BCUT2D eigenvalue weighted by molar-refractivity contribution is -0.152. The van der Waals surface area contributed by atoms with Crippen LogP contribution in [0.3, 0.4) is 0 Å². The van der Waals surface area contributed by atoms with Gasteiger partial charge in [0, 0.05) is 22.5 Å². The normalized spacial score (nSPS) is 11.3. The van der Waals surface area contributed by atoms with Crippen molar-refractivity contribution in [1.29, 1.82) is 0 Å². The van der Waals surface area contributed by atoms with E-state index < -0.39 is 35.0 Å². The molecule has 3 rings (SSSR count). The Bertz CT molecular complexity index is 1290. The van der Waals surface area contributed by atoms with Gasteiger partial charge in [0.15, 0.2) is 11.2 Å². The molecule has 10 nitrogen and oxygen atoms in total. The Hall–Kier alpha value is -4.86. The fraction of sp³-hybridized carbons (Fsp3) is 0.241. The fourth-order valence-corrected chi connectivity index (χ4v) is 3.34. The van der Waals surface area contributed by atoms with Gasteiger partial charge in [-0.1, -0.05) is 0 Å². The maximum absolute atomic E-state index is 12.9. The Morgan fingerprint density at radius 3 is 1.26 bits per heavy atom. The highest BCUT2D eigenvalue weighted by molar-refractivity contribution is 6.09. The molecule has 0 heterocycles. The summed E-state index contributed by atoms with van der Waals surface area (Å²) >= 11 is 0. The Kier molecular flexibility index (Phi) is 8.29. The summed E-state index contributed by atoms with van der Waals surface area (Å²) in [5.41, 5.74) is -0.652. The average Bonchev–Trinajstić information content (AvgIpc) is 2.85. The van der Waals surface area contributed by atoms with Crippen LogP contribution in [-0.2, 0) is 9.59 Å². The van der Waals surface area contributed by atoms with E-state index in [0.29, 0.717) is 28.4 Å². The number of carboxylic acids is 2. The molecule has 0 spiro atoms. The van der Waals surface area contributed by atoms with Crippen LogP contribution in [0.5, 0.6) is 11.5 Å². The van der Waals surface area contributed by atoms with E-state index in [1.807, 2.05) is 0 Å². The van der Waals surface area contributed by atoms with Gasteiger partial charge in [-0.05, 0) is 107 Å². The molecule has 4 N–H and O–H groups in total. The third kappa shape index (κ3) is 7.57. The van der Waals surface area contributed by atoms with Crippen molar-refractivity contribution in [3.8, 4) is 11.5 Å². The maximum atomic E-state index is 12.9. The van der Waals surface area contributed by atoms with Crippen LogP contribution in [0.15, 0.2) is 66.7 Å². The number of aliphatic carboxylic acids is 2. The van der Waals surface area contributed by atoms with E-state index in [1.165, 1.54) is 33.8 Å². The lowest BCUT2D eigenvalue weighted by Crippen LogP contribution is -2.37. The first-order valence-corrected chi connectivity index (χ1v) is 12.0. The number of nitrogens with one attached hydrogen (secondary N) is 2. The average molecular weight is 535 g/mol. The van der Waals surface area contributed by atoms with Crippen LogP contribution in [0, 0.1) is 6.92 Å². The standard InChI is InChI=1S/C29H30N2O8/c1-17-14-18(24(32)30-20-6-10-22(11-7-20)38-28(2,3)26(34)35)16-19(15-17)25(33)31-21-8-12-23(13-9-21)39-29(4,5)27(36)37/h6-16H,1-5H3,(H,30,32)(H,31,33)(H,34,35)(H,36,37). The number of hydrogen-bond acceptors (Lipinski definition) is 6. The Morgan fingerprint density at radius 1 is 0.615 bits per heavy atom. The number of rotatable bonds is 10.